The fourth-order valence-corrected chi connectivity index (χ4v) is 3.02. The molecule has 9 nitrogen and oxygen atoms in total. The van der Waals surface area contributed by atoms with E-state index in [0.29, 0.717) is 13.0 Å². The third-order valence-electron chi connectivity index (χ3n) is 4.43. The number of hydrazine groups is 1. The van der Waals surface area contributed by atoms with E-state index < -0.39 is 35.7 Å². The average Bonchev–Trinajstić information content (AvgIpc) is 2.70. The zero-order valence-electron chi connectivity index (χ0n) is 18.0. The zero-order valence-corrected chi connectivity index (χ0v) is 18.0. The molecule has 0 aromatic heterocycles. The molecule has 0 bridgehead atoms. The van der Waals surface area contributed by atoms with Crippen molar-refractivity contribution in [1.82, 2.24) is 15.8 Å². The molecule has 2 N–H and O–H groups in total. The van der Waals surface area contributed by atoms with Crippen LogP contribution in [-0.2, 0) is 25.6 Å². The second-order valence-corrected chi connectivity index (χ2v) is 8.01. The number of benzene rings is 1. The molecule has 1 heterocycles. The molecule has 1 aliphatic rings. The lowest BCUT2D eigenvalue weighted by molar-refractivity contribution is -0.151. The Bertz CT molecular complexity index is 719. The summed E-state index contributed by atoms with van der Waals surface area (Å²) in [6.07, 6.45) is -0.705. The van der Waals surface area contributed by atoms with Crippen LogP contribution in [0.3, 0.4) is 0 Å². The van der Waals surface area contributed by atoms with Crippen LogP contribution in [0, 0.1) is 5.92 Å². The van der Waals surface area contributed by atoms with Crippen molar-refractivity contribution in [2.24, 2.45) is 5.92 Å². The smallest absolute Gasteiger partial charge is 0.421 e. The molecule has 0 unspecified atom stereocenters. The first-order valence-corrected chi connectivity index (χ1v) is 10.1. The third-order valence-corrected chi connectivity index (χ3v) is 4.43. The first kappa shape index (κ1) is 23.5. The predicted molar refractivity (Wildman–Crippen MR) is 109 cm³/mol. The van der Waals surface area contributed by atoms with E-state index >= 15 is 0 Å². The lowest BCUT2D eigenvalue weighted by Gasteiger charge is -2.37. The van der Waals surface area contributed by atoms with Gasteiger partial charge in [-0.3, -0.25) is 10.2 Å². The van der Waals surface area contributed by atoms with Crippen LogP contribution in [0.2, 0.25) is 0 Å². The summed E-state index contributed by atoms with van der Waals surface area (Å²) in [6, 6.07) is 8.89. The first-order chi connectivity index (χ1) is 14.2. The van der Waals surface area contributed by atoms with Crippen LogP contribution < -0.4 is 10.9 Å². The van der Waals surface area contributed by atoms with Crippen LogP contribution in [0.1, 0.15) is 39.7 Å². The molecule has 0 radical (unpaired) electrons. The topological polar surface area (TPSA) is 106 Å². The molecular formula is C21H31N3O6. The van der Waals surface area contributed by atoms with Crippen molar-refractivity contribution < 1.29 is 28.6 Å². The number of likely N-dealkylation sites (tertiary alicyclic amines) is 1. The Balaban J connectivity index is 1.91. The van der Waals surface area contributed by atoms with Gasteiger partial charge >= 0.3 is 18.2 Å². The summed E-state index contributed by atoms with van der Waals surface area (Å²) in [5.74, 6) is -1.09. The van der Waals surface area contributed by atoms with Crippen molar-refractivity contribution in [3.8, 4) is 0 Å². The van der Waals surface area contributed by atoms with Crippen molar-refractivity contribution in [3.05, 3.63) is 35.9 Å². The standard InChI is InChI=1S/C21H31N3O6/c1-5-28-18(25)16-13-24(20(27)30-21(2,3)4)12-11-17(16)22-23-19(26)29-14-15-9-7-6-8-10-15/h6-10,16-17,22H,5,11-14H2,1-4H3,(H,23,26)/t16-,17+/m1/s1. The van der Waals surface area contributed by atoms with Gasteiger partial charge in [0.15, 0.2) is 0 Å². The molecule has 1 saturated heterocycles. The Morgan fingerprint density at radius 3 is 2.47 bits per heavy atom. The lowest BCUT2D eigenvalue weighted by Crippen LogP contribution is -2.58. The number of carbonyl (C=O) groups is 3. The van der Waals surface area contributed by atoms with Crippen LogP contribution >= 0.6 is 0 Å². The molecule has 1 aromatic rings. The first-order valence-electron chi connectivity index (χ1n) is 10.1. The van der Waals surface area contributed by atoms with Gasteiger partial charge in [-0.1, -0.05) is 30.3 Å². The van der Waals surface area contributed by atoms with Crippen molar-refractivity contribution >= 4 is 18.2 Å². The number of esters is 1. The normalized spacial score (nSPS) is 19.0. The summed E-state index contributed by atoms with van der Waals surface area (Å²) < 4.78 is 15.7. The number of hydrogen-bond acceptors (Lipinski definition) is 7. The quantitative estimate of drug-likeness (QED) is 0.413. The van der Waals surface area contributed by atoms with E-state index in [-0.39, 0.29) is 19.8 Å². The molecule has 0 saturated carbocycles. The van der Waals surface area contributed by atoms with Crippen LogP contribution in [0.25, 0.3) is 0 Å². The van der Waals surface area contributed by atoms with E-state index in [1.807, 2.05) is 30.3 Å². The largest absolute Gasteiger partial charge is 0.466 e. The SMILES string of the molecule is CCOC(=O)[C@@H]1CN(C(=O)OC(C)(C)C)CC[C@@H]1NNC(=O)OCc1ccccc1. The molecule has 0 aliphatic carbocycles. The number of nitrogens with zero attached hydrogens (tertiary/aromatic N) is 1. The maximum Gasteiger partial charge on any atom is 0.421 e. The highest BCUT2D eigenvalue weighted by Crippen LogP contribution is 2.21. The number of piperidine rings is 1. The number of amides is 2. The van der Waals surface area contributed by atoms with E-state index in [0.717, 1.165) is 5.56 Å². The molecule has 1 aliphatic heterocycles. The molecule has 166 valence electrons. The summed E-state index contributed by atoms with van der Waals surface area (Å²) in [6.45, 7) is 7.93. The summed E-state index contributed by atoms with van der Waals surface area (Å²) in [7, 11) is 0. The van der Waals surface area contributed by atoms with E-state index in [4.69, 9.17) is 14.2 Å². The van der Waals surface area contributed by atoms with Gasteiger partial charge in [-0.15, -0.1) is 0 Å². The van der Waals surface area contributed by atoms with Crippen LogP contribution in [0.5, 0.6) is 0 Å². The van der Waals surface area contributed by atoms with Gasteiger partial charge in [0.05, 0.1) is 12.5 Å². The van der Waals surface area contributed by atoms with E-state index in [1.54, 1.807) is 27.7 Å². The molecule has 9 heteroatoms. The molecule has 2 rings (SSSR count). The van der Waals surface area contributed by atoms with Gasteiger partial charge in [0, 0.05) is 19.1 Å². The summed E-state index contributed by atoms with van der Waals surface area (Å²) in [5.41, 5.74) is 5.56. The van der Waals surface area contributed by atoms with Gasteiger partial charge in [0.2, 0.25) is 0 Å². The molecule has 0 spiro atoms. The van der Waals surface area contributed by atoms with Gasteiger partial charge in [-0.25, -0.2) is 15.0 Å². The second-order valence-electron chi connectivity index (χ2n) is 8.01. The number of rotatable bonds is 6. The maximum atomic E-state index is 12.4. The fourth-order valence-electron chi connectivity index (χ4n) is 3.02. The van der Waals surface area contributed by atoms with Crippen molar-refractivity contribution in [2.45, 2.75) is 52.4 Å². The number of ether oxygens (including phenoxy) is 3. The van der Waals surface area contributed by atoms with Gasteiger partial charge in [-0.2, -0.15) is 0 Å². The lowest BCUT2D eigenvalue weighted by atomic mass is 9.93. The van der Waals surface area contributed by atoms with Gasteiger partial charge in [0.25, 0.3) is 0 Å². The molecule has 1 aromatic carbocycles. The van der Waals surface area contributed by atoms with Crippen molar-refractivity contribution in [2.75, 3.05) is 19.7 Å². The Kier molecular flexibility index (Phi) is 8.46. The van der Waals surface area contributed by atoms with Gasteiger partial charge in [-0.05, 0) is 39.7 Å². The summed E-state index contributed by atoms with van der Waals surface area (Å²) in [4.78, 5) is 38.3. The van der Waals surface area contributed by atoms with Gasteiger partial charge in [0.1, 0.15) is 12.2 Å². The van der Waals surface area contributed by atoms with E-state index in [1.165, 1.54) is 4.90 Å². The highest BCUT2D eigenvalue weighted by Gasteiger charge is 2.38. The minimum atomic E-state index is -0.656. The molecule has 2 amide bonds. The Labute approximate surface area is 177 Å². The minimum Gasteiger partial charge on any atom is -0.466 e. The highest BCUT2D eigenvalue weighted by molar-refractivity contribution is 5.76. The predicted octanol–water partition coefficient (Wildman–Crippen LogP) is 2.61. The van der Waals surface area contributed by atoms with Crippen molar-refractivity contribution in [1.29, 1.82) is 0 Å². The number of nitrogens with one attached hydrogen (secondary N) is 2. The summed E-state index contributed by atoms with van der Waals surface area (Å²) in [5, 5.41) is 0. The maximum absolute atomic E-state index is 12.4. The Hall–Kier alpha value is -2.81. The average molecular weight is 421 g/mol. The monoisotopic (exact) mass is 421 g/mol. The van der Waals surface area contributed by atoms with E-state index in [9.17, 15) is 14.4 Å². The second kappa shape index (κ2) is 10.8. The van der Waals surface area contributed by atoms with Crippen LogP contribution in [0.15, 0.2) is 30.3 Å². The molecular weight excluding hydrogens is 390 g/mol. The Morgan fingerprint density at radius 1 is 1.13 bits per heavy atom. The highest BCUT2D eigenvalue weighted by atomic mass is 16.6. The number of carbonyl (C=O) groups excluding carboxylic acids is 3. The van der Waals surface area contributed by atoms with Crippen LogP contribution in [0.4, 0.5) is 9.59 Å². The molecule has 2 atom stereocenters. The van der Waals surface area contributed by atoms with Crippen LogP contribution in [-0.4, -0.2) is 54.4 Å². The number of hydrogen-bond donors (Lipinski definition) is 2. The minimum absolute atomic E-state index is 0.131. The molecule has 1 fully saturated rings. The third kappa shape index (κ3) is 7.55. The zero-order chi connectivity index (χ0) is 22.1. The fraction of sp³-hybridized carbons (Fsp3) is 0.571. The summed E-state index contributed by atoms with van der Waals surface area (Å²) >= 11 is 0. The van der Waals surface area contributed by atoms with Gasteiger partial charge < -0.3 is 19.1 Å². The van der Waals surface area contributed by atoms with E-state index in [2.05, 4.69) is 10.9 Å². The Morgan fingerprint density at radius 2 is 1.83 bits per heavy atom. The molecule has 30 heavy (non-hydrogen) atoms. The van der Waals surface area contributed by atoms with Crippen molar-refractivity contribution in [3.63, 3.8) is 0 Å².